The van der Waals surface area contributed by atoms with Crippen LogP contribution >= 0.6 is 15.9 Å². The summed E-state index contributed by atoms with van der Waals surface area (Å²) in [6.07, 6.45) is 3.06. The van der Waals surface area contributed by atoms with E-state index in [-0.39, 0.29) is 12.1 Å². The van der Waals surface area contributed by atoms with Gasteiger partial charge in [-0.1, -0.05) is 15.9 Å². The van der Waals surface area contributed by atoms with Crippen LogP contribution in [0.25, 0.3) is 0 Å². The van der Waals surface area contributed by atoms with Gasteiger partial charge in [-0.3, -0.25) is 0 Å². The molecule has 0 radical (unpaired) electrons. The number of nitrogens with zero attached hydrogens (tertiary/aromatic N) is 1. The van der Waals surface area contributed by atoms with Crippen LogP contribution in [0.2, 0.25) is 0 Å². The minimum absolute atomic E-state index is 0.119. The topological polar surface area (TPSA) is 56.0 Å². The molecule has 3 nitrogen and oxygen atoms in total. The minimum atomic E-state index is -0.209. The summed E-state index contributed by atoms with van der Waals surface area (Å²) in [6, 6.07) is 7.71. The molecule has 0 bridgehead atoms. The summed E-state index contributed by atoms with van der Waals surface area (Å²) in [5.41, 5.74) is 1.20. The summed E-state index contributed by atoms with van der Waals surface area (Å²) < 4.78 is 0.890. The van der Waals surface area contributed by atoms with E-state index in [2.05, 4.69) is 27.3 Å². The Labute approximate surface area is 103 Å². The number of hydrogen-bond donors (Lipinski definition) is 2. The first kappa shape index (κ1) is 11.4. The molecule has 1 fully saturated rings. The van der Waals surface area contributed by atoms with Gasteiger partial charge in [-0.2, -0.15) is 5.26 Å². The lowest BCUT2D eigenvalue weighted by Crippen LogP contribution is -2.48. The summed E-state index contributed by atoms with van der Waals surface area (Å²) >= 11 is 3.34. The van der Waals surface area contributed by atoms with E-state index in [1.807, 2.05) is 12.1 Å². The van der Waals surface area contributed by atoms with Gasteiger partial charge >= 0.3 is 0 Å². The molecule has 2 rings (SSSR count). The van der Waals surface area contributed by atoms with Crippen molar-refractivity contribution in [1.29, 1.82) is 5.26 Å². The maximum Gasteiger partial charge on any atom is 0.101 e. The number of anilines is 1. The maximum absolute atomic E-state index is 9.36. The summed E-state index contributed by atoms with van der Waals surface area (Å²) in [5, 5.41) is 21.7. The van der Waals surface area contributed by atoms with Gasteiger partial charge in [-0.25, -0.2) is 0 Å². The maximum atomic E-state index is 9.36. The molecule has 2 N–H and O–H groups in total. The second-order valence-corrected chi connectivity index (χ2v) is 5.13. The third-order valence-corrected chi connectivity index (χ3v) is 3.61. The van der Waals surface area contributed by atoms with Gasteiger partial charge in [0, 0.05) is 4.47 Å². The summed E-state index contributed by atoms with van der Waals surface area (Å²) in [4.78, 5) is 0. The molecule has 0 atom stereocenters. The van der Waals surface area contributed by atoms with E-state index in [0.717, 1.165) is 29.4 Å². The van der Waals surface area contributed by atoms with Crippen molar-refractivity contribution in [3.8, 4) is 6.07 Å². The van der Waals surface area contributed by atoms with Crippen molar-refractivity contribution in [2.75, 3.05) is 11.9 Å². The predicted molar refractivity (Wildman–Crippen MR) is 66.1 cm³/mol. The zero-order valence-corrected chi connectivity index (χ0v) is 10.4. The minimum Gasteiger partial charge on any atom is -0.394 e. The molecule has 0 aromatic heterocycles. The summed E-state index contributed by atoms with van der Waals surface area (Å²) in [5.74, 6) is 0. The Hall–Kier alpha value is -1.05. The lowest BCUT2D eigenvalue weighted by Gasteiger charge is -2.42. The van der Waals surface area contributed by atoms with Gasteiger partial charge in [0.05, 0.1) is 23.4 Å². The van der Waals surface area contributed by atoms with E-state index in [1.165, 1.54) is 0 Å². The molecule has 0 heterocycles. The molecular weight excluding hydrogens is 268 g/mol. The highest BCUT2D eigenvalue weighted by molar-refractivity contribution is 9.10. The molecule has 1 aromatic rings. The van der Waals surface area contributed by atoms with Crippen molar-refractivity contribution in [3.05, 3.63) is 28.2 Å². The Kier molecular flexibility index (Phi) is 3.17. The van der Waals surface area contributed by atoms with Crippen LogP contribution in [0.4, 0.5) is 5.69 Å². The highest BCUT2D eigenvalue weighted by Crippen LogP contribution is 2.36. The van der Waals surface area contributed by atoms with Crippen LogP contribution in [0.3, 0.4) is 0 Å². The molecule has 0 amide bonds. The lowest BCUT2D eigenvalue weighted by atomic mass is 9.77. The molecular formula is C12H13BrN2O. The molecule has 0 unspecified atom stereocenters. The number of rotatable bonds is 3. The SMILES string of the molecule is N#Cc1cc(Br)ccc1NC1(CO)CCC1. The molecule has 0 spiro atoms. The molecule has 1 aliphatic rings. The molecule has 16 heavy (non-hydrogen) atoms. The number of nitriles is 1. The van der Waals surface area contributed by atoms with E-state index in [0.29, 0.717) is 5.56 Å². The molecule has 1 aromatic carbocycles. The van der Waals surface area contributed by atoms with Crippen LogP contribution < -0.4 is 5.32 Å². The van der Waals surface area contributed by atoms with E-state index < -0.39 is 0 Å². The van der Waals surface area contributed by atoms with Gasteiger partial charge in [0.2, 0.25) is 0 Å². The fraction of sp³-hybridized carbons (Fsp3) is 0.417. The summed E-state index contributed by atoms with van der Waals surface area (Å²) in [6.45, 7) is 0.119. The monoisotopic (exact) mass is 280 g/mol. The Morgan fingerprint density at radius 2 is 2.25 bits per heavy atom. The lowest BCUT2D eigenvalue weighted by molar-refractivity contribution is 0.144. The van der Waals surface area contributed by atoms with Gasteiger partial charge < -0.3 is 10.4 Å². The van der Waals surface area contributed by atoms with E-state index in [4.69, 9.17) is 5.26 Å². The molecule has 84 valence electrons. The van der Waals surface area contributed by atoms with Crippen LogP contribution in [0.15, 0.2) is 22.7 Å². The number of halogens is 1. The molecule has 1 aliphatic carbocycles. The first-order valence-corrected chi connectivity index (χ1v) is 6.07. The highest BCUT2D eigenvalue weighted by Gasteiger charge is 2.36. The number of benzene rings is 1. The van der Waals surface area contributed by atoms with Crippen molar-refractivity contribution in [2.24, 2.45) is 0 Å². The van der Waals surface area contributed by atoms with Crippen molar-refractivity contribution < 1.29 is 5.11 Å². The van der Waals surface area contributed by atoms with Crippen LogP contribution in [-0.4, -0.2) is 17.3 Å². The third kappa shape index (κ3) is 2.06. The normalized spacial score (nSPS) is 17.3. The first-order valence-electron chi connectivity index (χ1n) is 5.28. The third-order valence-electron chi connectivity index (χ3n) is 3.12. The second kappa shape index (κ2) is 4.44. The molecule has 1 saturated carbocycles. The quantitative estimate of drug-likeness (QED) is 0.895. The zero-order chi connectivity index (χ0) is 11.6. The van der Waals surface area contributed by atoms with Gasteiger partial charge in [-0.15, -0.1) is 0 Å². The van der Waals surface area contributed by atoms with E-state index >= 15 is 0 Å². The van der Waals surface area contributed by atoms with Crippen molar-refractivity contribution in [1.82, 2.24) is 0 Å². The van der Waals surface area contributed by atoms with Gasteiger partial charge in [0.15, 0.2) is 0 Å². The van der Waals surface area contributed by atoms with Crippen molar-refractivity contribution in [2.45, 2.75) is 24.8 Å². The Bertz CT molecular complexity index is 430. The van der Waals surface area contributed by atoms with Crippen LogP contribution in [-0.2, 0) is 0 Å². The van der Waals surface area contributed by atoms with Gasteiger partial charge in [0.25, 0.3) is 0 Å². The van der Waals surface area contributed by atoms with Crippen molar-refractivity contribution >= 4 is 21.6 Å². The number of aliphatic hydroxyl groups is 1. The number of aliphatic hydroxyl groups excluding tert-OH is 1. The average molecular weight is 281 g/mol. The van der Waals surface area contributed by atoms with Gasteiger partial charge in [0.1, 0.15) is 6.07 Å². The second-order valence-electron chi connectivity index (χ2n) is 4.22. The van der Waals surface area contributed by atoms with Crippen LogP contribution in [0.5, 0.6) is 0 Å². The highest BCUT2D eigenvalue weighted by atomic mass is 79.9. The Morgan fingerprint density at radius 1 is 1.50 bits per heavy atom. The predicted octanol–water partition coefficient (Wildman–Crippen LogP) is 2.65. The van der Waals surface area contributed by atoms with E-state index in [9.17, 15) is 5.11 Å². The zero-order valence-electron chi connectivity index (χ0n) is 8.83. The average Bonchev–Trinajstić information content (AvgIpc) is 2.25. The van der Waals surface area contributed by atoms with Gasteiger partial charge in [-0.05, 0) is 37.5 Å². The number of hydrogen-bond acceptors (Lipinski definition) is 3. The van der Waals surface area contributed by atoms with Crippen LogP contribution in [0, 0.1) is 11.3 Å². The Morgan fingerprint density at radius 3 is 2.75 bits per heavy atom. The standard InChI is InChI=1S/C12H13BrN2O/c13-10-2-3-11(9(6-10)7-14)15-12(8-16)4-1-5-12/h2-3,6,15-16H,1,4-5,8H2. The smallest absolute Gasteiger partial charge is 0.101 e. The fourth-order valence-corrected chi connectivity index (χ4v) is 2.29. The largest absolute Gasteiger partial charge is 0.394 e. The summed E-state index contributed by atoms with van der Waals surface area (Å²) in [7, 11) is 0. The Balaban J connectivity index is 2.24. The van der Waals surface area contributed by atoms with E-state index in [1.54, 1.807) is 6.07 Å². The van der Waals surface area contributed by atoms with Crippen LogP contribution in [0.1, 0.15) is 24.8 Å². The fourth-order valence-electron chi connectivity index (χ4n) is 1.93. The molecule has 4 heteroatoms. The number of nitrogens with one attached hydrogen (secondary N) is 1. The van der Waals surface area contributed by atoms with Crippen molar-refractivity contribution in [3.63, 3.8) is 0 Å². The molecule has 0 aliphatic heterocycles. The molecule has 0 saturated heterocycles. The first-order chi connectivity index (χ1) is 7.69.